The summed E-state index contributed by atoms with van der Waals surface area (Å²) < 4.78 is 0. The van der Waals surface area contributed by atoms with Crippen LogP contribution in [0, 0.1) is 0 Å². The first-order valence-corrected chi connectivity index (χ1v) is 6.84. The molecule has 0 aromatic carbocycles. The Bertz CT molecular complexity index is 221. The van der Waals surface area contributed by atoms with Gasteiger partial charge in [-0.2, -0.15) is 0 Å². The predicted octanol–water partition coefficient (Wildman–Crippen LogP) is 1.14. The van der Waals surface area contributed by atoms with Gasteiger partial charge in [0.1, 0.15) is 0 Å². The molecule has 2 atom stereocenters. The molecule has 1 aliphatic heterocycles. The van der Waals surface area contributed by atoms with Crippen molar-refractivity contribution in [3.8, 4) is 0 Å². The van der Waals surface area contributed by atoms with Gasteiger partial charge in [-0.1, -0.05) is 19.8 Å². The number of likely N-dealkylation sites (tertiary alicyclic amines) is 1. The zero-order chi connectivity index (χ0) is 12.7. The summed E-state index contributed by atoms with van der Waals surface area (Å²) in [5.74, 6) is 0.179. The number of hydrogen-bond donors (Lipinski definition) is 2. The minimum Gasteiger partial charge on any atom is -0.395 e. The lowest BCUT2D eigenvalue weighted by Crippen LogP contribution is -2.49. The van der Waals surface area contributed by atoms with Crippen LogP contribution in [0.5, 0.6) is 0 Å². The van der Waals surface area contributed by atoms with Gasteiger partial charge in [0.25, 0.3) is 0 Å². The van der Waals surface area contributed by atoms with Crippen molar-refractivity contribution in [2.24, 2.45) is 0 Å². The summed E-state index contributed by atoms with van der Waals surface area (Å²) >= 11 is 0. The van der Waals surface area contributed by atoms with E-state index in [1.54, 1.807) is 0 Å². The summed E-state index contributed by atoms with van der Waals surface area (Å²) in [4.78, 5) is 14.2. The molecule has 0 saturated carbocycles. The minimum absolute atomic E-state index is 0.0286. The van der Waals surface area contributed by atoms with Crippen molar-refractivity contribution in [1.82, 2.24) is 10.2 Å². The Labute approximate surface area is 104 Å². The molecule has 2 N–H and O–H groups in total. The van der Waals surface area contributed by atoms with Crippen LogP contribution in [0.2, 0.25) is 0 Å². The molecule has 0 bridgehead atoms. The topological polar surface area (TPSA) is 52.6 Å². The van der Waals surface area contributed by atoms with Gasteiger partial charge in [0.2, 0.25) is 5.91 Å². The zero-order valence-electron chi connectivity index (χ0n) is 11.1. The summed E-state index contributed by atoms with van der Waals surface area (Å²) in [5.41, 5.74) is 0. The average Bonchev–Trinajstić information content (AvgIpc) is 2.63. The van der Waals surface area contributed by atoms with Crippen LogP contribution in [0.15, 0.2) is 0 Å². The van der Waals surface area contributed by atoms with Crippen LogP contribution in [-0.2, 0) is 4.79 Å². The van der Waals surface area contributed by atoms with Crippen LogP contribution in [0.1, 0.15) is 46.0 Å². The van der Waals surface area contributed by atoms with Gasteiger partial charge in [-0.25, -0.2) is 0 Å². The van der Waals surface area contributed by atoms with E-state index in [2.05, 4.69) is 5.32 Å². The number of amides is 1. The van der Waals surface area contributed by atoms with Crippen molar-refractivity contribution in [3.63, 3.8) is 0 Å². The molecule has 0 aromatic rings. The van der Waals surface area contributed by atoms with E-state index in [1.807, 2.05) is 18.7 Å². The molecule has 1 rings (SSSR count). The molecular formula is C13H26N2O2. The maximum Gasteiger partial charge on any atom is 0.239 e. The quantitative estimate of drug-likeness (QED) is 0.760. The van der Waals surface area contributed by atoms with Gasteiger partial charge in [0.15, 0.2) is 0 Å². The number of carbonyl (C=O) groups excluding carboxylic acids is 1. The third-order valence-corrected chi connectivity index (χ3v) is 3.49. The second-order valence-corrected chi connectivity index (χ2v) is 4.92. The number of carbonyl (C=O) groups is 1. The molecule has 1 fully saturated rings. The summed E-state index contributed by atoms with van der Waals surface area (Å²) in [6, 6.07) is -0.161. The molecule has 1 aliphatic rings. The maximum atomic E-state index is 12.2. The van der Waals surface area contributed by atoms with Crippen molar-refractivity contribution in [1.29, 1.82) is 0 Å². The molecule has 0 aliphatic carbocycles. The monoisotopic (exact) mass is 242 g/mol. The zero-order valence-corrected chi connectivity index (χ0v) is 11.1. The third kappa shape index (κ3) is 4.64. The molecule has 1 amide bonds. The van der Waals surface area contributed by atoms with E-state index >= 15 is 0 Å². The Kier molecular flexibility index (Phi) is 6.52. The van der Waals surface area contributed by atoms with E-state index in [0.717, 1.165) is 32.4 Å². The molecule has 1 saturated heterocycles. The summed E-state index contributed by atoms with van der Waals surface area (Å²) in [7, 11) is 0. The highest BCUT2D eigenvalue weighted by molar-refractivity contribution is 5.81. The van der Waals surface area contributed by atoms with E-state index < -0.39 is 0 Å². The SMILES string of the molecule is CCC(CO)NC(C)C(=O)N1CCCCCC1. The highest BCUT2D eigenvalue weighted by Crippen LogP contribution is 2.11. The molecular weight excluding hydrogens is 216 g/mol. The fraction of sp³-hybridized carbons (Fsp3) is 0.923. The first-order valence-electron chi connectivity index (χ1n) is 6.84. The van der Waals surface area contributed by atoms with E-state index in [1.165, 1.54) is 12.8 Å². The lowest BCUT2D eigenvalue weighted by atomic mass is 10.2. The van der Waals surface area contributed by atoms with Crippen molar-refractivity contribution < 1.29 is 9.90 Å². The molecule has 0 spiro atoms. The molecule has 2 unspecified atom stereocenters. The van der Waals surface area contributed by atoms with E-state index in [-0.39, 0.29) is 24.6 Å². The first-order chi connectivity index (χ1) is 8.19. The minimum atomic E-state index is -0.190. The van der Waals surface area contributed by atoms with Crippen LogP contribution in [0.4, 0.5) is 0 Å². The fourth-order valence-corrected chi connectivity index (χ4v) is 2.29. The Hall–Kier alpha value is -0.610. The van der Waals surface area contributed by atoms with Crippen molar-refractivity contribution in [3.05, 3.63) is 0 Å². The van der Waals surface area contributed by atoms with Crippen LogP contribution in [0.25, 0.3) is 0 Å². The Balaban J connectivity index is 2.43. The normalized spacial score (nSPS) is 20.8. The molecule has 4 heteroatoms. The van der Waals surface area contributed by atoms with Crippen LogP contribution >= 0.6 is 0 Å². The van der Waals surface area contributed by atoms with E-state index in [9.17, 15) is 4.79 Å². The predicted molar refractivity (Wildman–Crippen MR) is 68.8 cm³/mol. The number of hydrogen-bond acceptors (Lipinski definition) is 3. The maximum absolute atomic E-state index is 12.2. The van der Waals surface area contributed by atoms with Crippen LogP contribution in [-0.4, -0.2) is 47.7 Å². The number of nitrogens with zero attached hydrogens (tertiary/aromatic N) is 1. The number of rotatable bonds is 5. The largest absolute Gasteiger partial charge is 0.395 e. The van der Waals surface area contributed by atoms with E-state index in [0.29, 0.717) is 0 Å². The molecule has 1 heterocycles. The molecule has 4 nitrogen and oxygen atoms in total. The van der Waals surface area contributed by atoms with Crippen molar-refractivity contribution >= 4 is 5.91 Å². The average molecular weight is 242 g/mol. The van der Waals surface area contributed by atoms with Gasteiger partial charge in [-0.15, -0.1) is 0 Å². The van der Waals surface area contributed by atoms with Gasteiger partial charge in [0, 0.05) is 19.1 Å². The first kappa shape index (κ1) is 14.5. The number of aliphatic hydroxyl groups is 1. The lowest BCUT2D eigenvalue weighted by Gasteiger charge is -2.27. The van der Waals surface area contributed by atoms with Crippen LogP contribution in [0.3, 0.4) is 0 Å². The second kappa shape index (κ2) is 7.67. The Morgan fingerprint density at radius 2 is 1.88 bits per heavy atom. The van der Waals surface area contributed by atoms with Gasteiger partial charge in [-0.05, 0) is 26.2 Å². The van der Waals surface area contributed by atoms with Gasteiger partial charge in [-0.3, -0.25) is 4.79 Å². The highest BCUT2D eigenvalue weighted by Gasteiger charge is 2.22. The number of nitrogens with one attached hydrogen (secondary N) is 1. The molecule has 0 radical (unpaired) electrons. The second-order valence-electron chi connectivity index (χ2n) is 4.92. The third-order valence-electron chi connectivity index (χ3n) is 3.49. The smallest absolute Gasteiger partial charge is 0.239 e. The summed E-state index contributed by atoms with van der Waals surface area (Å²) in [6.45, 7) is 5.78. The van der Waals surface area contributed by atoms with Crippen LogP contribution < -0.4 is 5.32 Å². The summed E-state index contributed by atoms with van der Waals surface area (Å²) in [5, 5.41) is 12.3. The van der Waals surface area contributed by atoms with Gasteiger partial charge >= 0.3 is 0 Å². The molecule has 0 aromatic heterocycles. The van der Waals surface area contributed by atoms with Crippen molar-refractivity contribution in [2.75, 3.05) is 19.7 Å². The van der Waals surface area contributed by atoms with Gasteiger partial charge in [0.05, 0.1) is 12.6 Å². The fourth-order valence-electron chi connectivity index (χ4n) is 2.29. The summed E-state index contributed by atoms with van der Waals surface area (Å²) in [6.07, 6.45) is 5.55. The number of aliphatic hydroxyl groups excluding tert-OH is 1. The lowest BCUT2D eigenvalue weighted by molar-refractivity contribution is -0.133. The van der Waals surface area contributed by atoms with Crippen molar-refractivity contribution in [2.45, 2.75) is 58.0 Å². The Morgan fingerprint density at radius 1 is 1.29 bits per heavy atom. The van der Waals surface area contributed by atoms with Gasteiger partial charge < -0.3 is 15.3 Å². The standard InChI is InChI=1S/C13H26N2O2/c1-3-12(10-16)14-11(2)13(17)15-8-6-4-5-7-9-15/h11-12,14,16H,3-10H2,1-2H3. The Morgan fingerprint density at radius 3 is 2.35 bits per heavy atom. The molecule has 17 heavy (non-hydrogen) atoms. The highest BCUT2D eigenvalue weighted by atomic mass is 16.3. The molecule has 100 valence electrons. The van der Waals surface area contributed by atoms with E-state index in [4.69, 9.17) is 5.11 Å².